The zero-order valence-corrected chi connectivity index (χ0v) is 11.4. The van der Waals surface area contributed by atoms with E-state index in [0.29, 0.717) is 13.2 Å². The van der Waals surface area contributed by atoms with E-state index in [0.717, 1.165) is 17.1 Å². The lowest BCUT2D eigenvalue weighted by Gasteiger charge is -2.10. The molecule has 0 aliphatic rings. The molecule has 0 saturated carbocycles. The van der Waals surface area contributed by atoms with E-state index in [1.54, 1.807) is 0 Å². The number of carbonyl (C=O) groups excluding carboxylic acids is 1. The van der Waals surface area contributed by atoms with Crippen LogP contribution in [0, 0.1) is 0 Å². The second-order valence-corrected chi connectivity index (χ2v) is 4.35. The summed E-state index contributed by atoms with van der Waals surface area (Å²) in [7, 11) is 0. The molecule has 0 heterocycles. The molecule has 0 atom stereocenters. The highest BCUT2D eigenvalue weighted by atomic mass is 16.5. The normalized spacial score (nSPS) is 9.85. The molecule has 2 aromatic carbocycles. The van der Waals surface area contributed by atoms with E-state index in [1.165, 1.54) is 6.92 Å². The topological polar surface area (TPSA) is 50.4 Å². The highest BCUT2D eigenvalue weighted by molar-refractivity contribution is 5.89. The van der Waals surface area contributed by atoms with Crippen LogP contribution in [0.15, 0.2) is 54.6 Å². The number of para-hydroxylation sites is 1. The highest BCUT2D eigenvalue weighted by Crippen LogP contribution is 2.15. The van der Waals surface area contributed by atoms with Gasteiger partial charge >= 0.3 is 0 Å². The van der Waals surface area contributed by atoms with Crippen molar-refractivity contribution in [1.29, 1.82) is 0 Å². The third-order valence-corrected chi connectivity index (χ3v) is 2.63. The monoisotopic (exact) mass is 270 g/mol. The molecule has 0 unspecified atom stereocenters. The van der Waals surface area contributed by atoms with Crippen LogP contribution in [0.1, 0.15) is 6.92 Å². The molecule has 0 aromatic heterocycles. The standard InChI is InChI=1S/C16H18N2O2/c1-13(19)18-15-7-5-6-14(12-15)17-10-11-20-16-8-3-2-4-9-16/h2-9,12,17H,10-11H2,1H3,(H,18,19). The first kappa shape index (κ1) is 13.9. The number of nitrogens with one attached hydrogen (secondary N) is 2. The fraction of sp³-hybridized carbons (Fsp3) is 0.188. The first-order chi connectivity index (χ1) is 9.74. The van der Waals surface area contributed by atoms with Crippen LogP contribution in [-0.2, 0) is 4.79 Å². The van der Waals surface area contributed by atoms with Crippen LogP contribution in [0.25, 0.3) is 0 Å². The summed E-state index contributed by atoms with van der Waals surface area (Å²) in [5, 5.41) is 6.00. The summed E-state index contributed by atoms with van der Waals surface area (Å²) in [6.07, 6.45) is 0. The Kier molecular flexibility index (Phi) is 5.00. The molecule has 0 fully saturated rings. The van der Waals surface area contributed by atoms with Gasteiger partial charge in [-0.25, -0.2) is 0 Å². The first-order valence-electron chi connectivity index (χ1n) is 6.53. The zero-order valence-electron chi connectivity index (χ0n) is 11.4. The quantitative estimate of drug-likeness (QED) is 0.793. The van der Waals surface area contributed by atoms with E-state index >= 15 is 0 Å². The summed E-state index contributed by atoms with van der Waals surface area (Å²) >= 11 is 0. The van der Waals surface area contributed by atoms with Gasteiger partial charge in [0.05, 0.1) is 0 Å². The number of hydrogen-bond acceptors (Lipinski definition) is 3. The summed E-state index contributed by atoms with van der Waals surface area (Å²) < 4.78 is 5.59. The lowest BCUT2D eigenvalue weighted by molar-refractivity contribution is -0.114. The van der Waals surface area contributed by atoms with Crippen molar-refractivity contribution < 1.29 is 9.53 Å². The molecule has 1 amide bonds. The number of rotatable bonds is 6. The predicted octanol–water partition coefficient (Wildman–Crippen LogP) is 3.14. The summed E-state index contributed by atoms with van der Waals surface area (Å²) in [5.41, 5.74) is 1.74. The lowest BCUT2D eigenvalue weighted by atomic mass is 10.2. The average molecular weight is 270 g/mol. The van der Waals surface area contributed by atoms with Gasteiger partial charge in [0, 0.05) is 24.8 Å². The van der Waals surface area contributed by atoms with Gasteiger partial charge in [-0.1, -0.05) is 24.3 Å². The third kappa shape index (κ3) is 4.65. The van der Waals surface area contributed by atoms with E-state index in [4.69, 9.17) is 4.74 Å². The Morgan fingerprint density at radius 2 is 1.80 bits per heavy atom. The van der Waals surface area contributed by atoms with Crippen molar-refractivity contribution in [2.45, 2.75) is 6.92 Å². The smallest absolute Gasteiger partial charge is 0.221 e. The molecule has 2 N–H and O–H groups in total. The molecule has 4 heteroatoms. The maximum Gasteiger partial charge on any atom is 0.221 e. The maximum absolute atomic E-state index is 11.0. The SMILES string of the molecule is CC(=O)Nc1cccc(NCCOc2ccccc2)c1. The van der Waals surface area contributed by atoms with E-state index in [-0.39, 0.29) is 5.91 Å². The van der Waals surface area contributed by atoms with Gasteiger partial charge in [0.15, 0.2) is 0 Å². The molecule has 0 spiro atoms. The fourth-order valence-corrected chi connectivity index (χ4v) is 1.79. The Morgan fingerprint density at radius 1 is 1.05 bits per heavy atom. The number of hydrogen-bond donors (Lipinski definition) is 2. The van der Waals surface area contributed by atoms with Gasteiger partial charge in [0.2, 0.25) is 5.91 Å². The van der Waals surface area contributed by atoms with Crippen molar-refractivity contribution in [3.63, 3.8) is 0 Å². The molecule has 4 nitrogen and oxygen atoms in total. The van der Waals surface area contributed by atoms with Crippen LogP contribution >= 0.6 is 0 Å². The summed E-state index contributed by atoms with van der Waals surface area (Å²) in [4.78, 5) is 11.0. The van der Waals surface area contributed by atoms with Crippen LogP contribution in [-0.4, -0.2) is 19.1 Å². The van der Waals surface area contributed by atoms with Gasteiger partial charge < -0.3 is 15.4 Å². The molecular weight excluding hydrogens is 252 g/mol. The predicted molar refractivity (Wildman–Crippen MR) is 81.2 cm³/mol. The highest BCUT2D eigenvalue weighted by Gasteiger charge is 1.97. The molecule has 2 aromatic rings. The van der Waals surface area contributed by atoms with E-state index < -0.39 is 0 Å². The van der Waals surface area contributed by atoms with Gasteiger partial charge in [-0.3, -0.25) is 4.79 Å². The van der Waals surface area contributed by atoms with Crippen molar-refractivity contribution in [2.75, 3.05) is 23.8 Å². The number of carbonyl (C=O) groups is 1. The minimum absolute atomic E-state index is 0.0745. The number of benzene rings is 2. The van der Waals surface area contributed by atoms with Crippen LogP contribution < -0.4 is 15.4 Å². The van der Waals surface area contributed by atoms with Gasteiger partial charge in [-0.15, -0.1) is 0 Å². The molecule has 0 radical (unpaired) electrons. The van der Waals surface area contributed by atoms with Crippen molar-refractivity contribution >= 4 is 17.3 Å². The Balaban J connectivity index is 1.78. The second kappa shape index (κ2) is 7.19. The molecule has 104 valence electrons. The molecule has 0 saturated heterocycles. The van der Waals surface area contributed by atoms with E-state index in [1.807, 2.05) is 54.6 Å². The summed E-state index contributed by atoms with van der Waals surface area (Å²) in [6, 6.07) is 17.3. The molecule has 2 rings (SSSR count). The molecule has 0 aliphatic heterocycles. The maximum atomic E-state index is 11.0. The van der Waals surface area contributed by atoms with Gasteiger partial charge in [0.25, 0.3) is 0 Å². The summed E-state index contributed by atoms with van der Waals surface area (Å²) in [6.45, 7) is 2.76. The van der Waals surface area contributed by atoms with Gasteiger partial charge in [-0.05, 0) is 30.3 Å². The first-order valence-corrected chi connectivity index (χ1v) is 6.53. The number of amides is 1. The number of ether oxygens (including phenoxy) is 1. The average Bonchev–Trinajstić information content (AvgIpc) is 2.44. The molecule has 20 heavy (non-hydrogen) atoms. The minimum Gasteiger partial charge on any atom is -0.492 e. The largest absolute Gasteiger partial charge is 0.492 e. The van der Waals surface area contributed by atoms with Gasteiger partial charge in [-0.2, -0.15) is 0 Å². The van der Waals surface area contributed by atoms with Crippen molar-refractivity contribution in [2.24, 2.45) is 0 Å². The third-order valence-electron chi connectivity index (χ3n) is 2.63. The van der Waals surface area contributed by atoms with Crippen molar-refractivity contribution in [1.82, 2.24) is 0 Å². The summed E-state index contributed by atoms with van der Waals surface area (Å²) in [5.74, 6) is 0.788. The van der Waals surface area contributed by atoms with Crippen LogP contribution in [0.2, 0.25) is 0 Å². The molecular formula is C16H18N2O2. The lowest BCUT2D eigenvalue weighted by Crippen LogP contribution is -2.12. The van der Waals surface area contributed by atoms with Gasteiger partial charge in [0.1, 0.15) is 12.4 Å². The Labute approximate surface area is 118 Å². The molecule has 0 aliphatic carbocycles. The Hall–Kier alpha value is -2.49. The Morgan fingerprint density at radius 3 is 2.55 bits per heavy atom. The fourth-order valence-electron chi connectivity index (χ4n) is 1.79. The van der Waals surface area contributed by atoms with E-state index in [9.17, 15) is 4.79 Å². The van der Waals surface area contributed by atoms with Crippen LogP contribution in [0.4, 0.5) is 11.4 Å². The Bertz CT molecular complexity index is 555. The number of anilines is 2. The van der Waals surface area contributed by atoms with Crippen LogP contribution in [0.5, 0.6) is 5.75 Å². The van der Waals surface area contributed by atoms with Crippen molar-refractivity contribution in [3.05, 3.63) is 54.6 Å². The zero-order chi connectivity index (χ0) is 14.2. The van der Waals surface area contributed by atoms with Crippen molar-refractivity contribution in [3.8, 4) is 5.75 Å². The molecule has 0 bridgehead atoms. The van der Waals surface area contributed by atoms with E-state index in [2.05, 4.69) is 10.6 Å². The van der Waals surface area contributed by atoms with Crippen LogP contribution in [0.3, 0.4) is 0 Å². The minimum atomic E-state index is -0.0745. The second-order valence-electron chi connectivity index (χ2n) is 4.35.